The van der Waals surface area contributed by atoms with Crippen LogP contribution in [0.5, 0.6) is 0 Å². The Bertz CT molecular complexity index is 1020. The van der Waals surface area contributed by atoms with Crippen molar-refractivity contribution in [1.29, 1.82) is 0 Å². The van der Waals surface area contributed by atoms with Crippen LogP contribution in [0.1, 0.15) is 23.9 Å². The minimum atomic E-state index is 0.0435. The quantitative estimate of drug-likeness (QED) is 0.663. The standard InChI is InChI=1S/C25H31N5O/c1-4-21-10-12-22(13-11-21)26-24(31)18-28-14-16-29(17-15-28)25-19(2)27-30(20(25)3)23-8-6-5-7-9-23/h5-13H,4,14-18H2,1-3H3,(H,26,31). The first-order valence-electron chi connectivity index (χ1n) is 11.0. The molecule has 1 fully saturated rings. The number of anilines is 2. The van der Waals surface area contributed by atoms with Crippen LogP contribution in [0.4, 0.5) is 11.4 Å². The molecule has 1 aliphatic rings. The molecule has 1 amide bonds. The second-order valence-electron chi connectivity index (χ2n) is 8.13. The molecule has 1 N–H and O–H groups in total. The molecule has 0 bridgehead atoms. The minimum absolute atomic E-state index is 0.0435. The molecule has 0 unspecified atom stereocenters. The number of aryl methyl sites for hydroxylation is 2. The van der Waals surface area contributed by atoms with Gasteiger partial charge in [-0.15, -0.1) is 0 Å². The number of aromatic nitrogens is 2. The van der Waals surface area contributed by atoms with Gasteiger partial charge in [0.25, 0.3) is 0 Å². The highest BCUT2D eigenvalue weighted by Crippen LogP contribution is 2.27. The molecule has 3 aromatic rings. The van der Waals surface area contributed by atoms with Gasteiger partial charge in [0.1, 0.15) is 0 Å². The van der Waals surface area contributed by atoms with Gasteiger partial charge in [-0.25, -0.2) is 4.68 Å². The number of rotatable bonds is 6. The van der Waals surface area contributed by atoms with Crippen molar-refractivity contribution in [2.75, 3.05) is 42.9 Å². The number of para-hydroxylation sites is 1. The van der Waals surface area contributed by atoms with E-state index >= 15 is 0 Å². The highest BCUT2D eigenvalue weighted by atomic mass is 16.2. The second-order valence-corrected chi connectivity index (χ2v) is 8.13. The fraction of sp³-hybridized carbons (Fsp3) is 0.360. The number of hydrogen-bond donors (Lipinski definition) is 1. The van der Waals surface area contributed by atoms with Gasteiger partial charge in [0.05, 0.1) is 29.3 Å². The van der Waals surface area contributed by atoms with Crippen LogP contribution in [0.25, 0.3) is 5.69 Å². The van der Waals surface area contributed by atoms with E-state index in [4.69, 9.17) is 5.10 Å². The van der Waals surface area contributed by atoms with Gasteiger partial charge >= 0.3 is 0 Å². The zero-order valence-corrected chi connectivity index (χ0v) is 18.6. The zero-order chi connectivity index (χ0) is 21.8. The Morgan fingerprint density at radius 1 is 0.968 bits per heavy atom. The van der Waals surface area contributed by atoms with E-state index in [9.17, 15) is 4.79 Å². The Kier molecular flexibility index (Phi) is 6.37. The largest absolute Gasteiger partial charge is 0.366 e. The number of hydrogen-bond acceptors (Lipinski definition) is 4. The third-order valence-corrected chi connectivity index (χ3v) is 5.96. The molecule has 0 atom stereocenters. The highest BCUT2D eigenvalue weighted by Gasteiger charge is 2.24. The summed E-state index contributed by atoms with van der Waals surface area (Å²) >= 11 is 0. The number of amides is 1. The van der Waals surface area contributed by atoms with E-state index in [2.05, 4.69) is 60.2 Å². The Hall–Kier alpha value is -3.12. The maximum Gasteiger partial charge on any atom is 0.238 e. The summed E-state index contributed by atoms with van der Waals surface area (Å²) in [6, 6.07) is 18.3. The number of benzene rings is 2. The van der Waals surface area contributed by atoms with E-state index in [1.54, 1.807) is 0 Å². The van der Waals surface area contributed by atoms with E-state index in [0.717, 1.165) is 55.4 Å². The summed E-state index contributed by atoms with van der Waals surface area (Å²) in [6.07, 6.45) is 1.00. The van der Waals surface area contributed by atoms with Crippen LogP contribution in [-0.2, 0) is 11.2 Å². The van der Waals surface area contributed by atoms with E-state index in [1.165, 1.54) is 11.3 Å². The molecule has 162 valence electrons. The summed E-state index contributed by atoms with van der Waals surface area (Å²) in [7, 11) is 0. The van der Waals surface area contributed by atoms with Crippen LogP contribution in [0.3, 0.4) is 0 Å². The van der Waals surface area contributed by atoms with E-state index in [-0.39, 0.29) is 5.91 Å². The molecule has 1 saturated heterocycles. The number of carbonyl (C=O) groups excluding carboxylic acids is 1. The third-order valence-electron chi connectivity index (χ3n) is 5.96. The average molecular weight is 418 g/mol. The number of nitrogens with one attached hydrogen (secondary N) is 1. The molecule has 1 aromatic heterocycles. The van der Waals surface area contributed by atoms with Gasteiger partial charge in [-0.2, -0.15) is 5.10 Å². The number of piperazine rings is 1. The highest BCUT2D eigenvalue weighted by molar-refractivity contribution is 5.92. The summed E-state index contributed by atoms with van der Waals surface area (Å²) in [5.74, 6) is 0.0435. The van der Waals surface area contributed by atoms with Gasteiger partial charge in [-0.05, 0) is 50.1 Å². The average Bonchev–Trinajstić information content (AvgIpc) is 3.09. The lowest BCUT2D eigenvalue weighted by molar-refractivity contribution is -0.117. The summed E-state index contributed by atoms with van der Waals surface area (Å²) < 4.78 is 2.02. The molecular formula is C25H31N5O. The van der Waals surface area contributed by atoms with Crippen LogP contribution in [-0.4, -0.2) is 53.3 Å². The molecule has 0 spiro atoms. The number of nitrogens with zero attached hydrogens (tertiary/aromatic N) is 4. The molecule has 2 aromatic carbocycles. The van der Waals surface area contributed by atoms with Gasteiger partial charge < -0.3 is 10.2 Å². The number of carbonyl (C=O) groups is 1. The maximum atomic E-state index is 12.5. The van der Waals surface area contributed by atoms with Gasteiger partial charge in [-0.3, -0.25) is 9.69 Å². The molecule has 1 aliphatic heterocycles. The lowest BCUT2D eigenvalue weighted by atomic mass is 10.1. The van der Waals surface area contributed by atoms with Crippen molar-refractivity contribution in [3.05, 3.63) is 71.5 Å². The lowest BCUT2D eigenvalue weighted by Gasteiger charge is -2.35. The van der Waals surface area contributed by atoms with E-state index in [1.807, 2.05) is 35.0 Å². The fourth-order valence-electron chi connectivity index (χ4n) is 4.27. The van der Waals surface area contributed by atoms with Crippen molar-refractivity contribution in [1.82, 2.24) is 14.7 Å². The summed E-state index contributed by atoms with van der Waals surface area (Å²) in [6.45, 7) is 10.3. The van der Waals surface area contributed by atoms with Crippen LogP contribution in [0.15, 0.2) is 54.6 Å². The van der Waals surface area contributed by atoms with Gasteiger partial charge in [0.15, 0.2) is 0 Å². The monoisotopic (exact) mass is 417 g/mol. The first-order chi connectivity index (χ1) is 15.0. The first kappa shape index (κ1) is 21.1. The van der Waals surface area contributed by atoms with Crippen LogP contribution in [0, 0.1) is 13.8 Å². The minimum Gasteiger partial charge on any atom is -0.366 e. The Morgan fingerprint density at radius 2 is 1.65 bits per heavy atom. The van der Waals surface area contributed by atoms with Gasteiger partial charge in [-0.1, -0.05) is 37.3 Å². The van der Waals surface area contributed by atoms with Crippen molar-refractivity contribution < 1.29 is 4.79 Å². The second kappa shape index (κ2) is 9.35. The topological polar surface area (TPSA) is 53.4 Å². The van der Waals surface area contributed by atoms with Crippen LogP contribution in [0.2, 0.25) is 0 Å². The van der Waals surface area contributed by atoms with E-state index < -0.39 is 0 Å². The van der Waals surface area contributed by atoms with Crippen molar-refractivity contribution in [2.45, 2.75) is 27.2 Å². The van der Waals surface area contributed by atoms with Crippen molar-refractivity contribution in [3.63, 3.8) is 0 Å². The van der Waals surface area contributed by atoms with Crippen LogP contribution < -0.4 is 10.2 Å². The smallest absolute Gasteiger partial charge is 0.238 e. The van der Waals surface area contributed by atoms with E-state index in [0.29, 0.717) is 6.54 Å². The fourth-order valence-corrected chi connectivity index (χ4v) is 4.27. The Labute approximate surface area is 184 Å². The summed E-state index contributed by atoms with van der Waals surface area (Å²) in [5.41, 5.74) is 6.63. The predicted octanol–water partition coefficient (Wildman–Crippen LogP) is 3.81. The molecule has 6 heteroatoms. The lowest BCUT2D eigenvalue weighted by Crippen LogP contribution is -2.49. The Morgan fingerprint density at radius 3 is 2.29 bits per heavy atom. The van der Waals surface area contributed by atoms with Gasteiger partial charge in [0.2, 0.25) is 5.91 Å². The van der Waals surface area contributed by atoms with Crippen molar-refractivity contribution in [2.24, 2.45) is 0 Å². The normalized spacial score (nSPS) is 14.6. The van der Waals surface area contributed by atoms with Gasteiger partial charge in [0, 0.05) is 31.9 Å². The summed E-state index contributed by atoms with van der Waals surface area (Å²) in [4.78, 5) is 17.1. The molecule has 6 nitrogen and oxygen atoms in total. The molecule has 2 heterocycles. The zero-order valence-electron chi connectivity index (χ0n) is 18.6. The molecular weight excluding hydrogens is 386 g/mol. The molecule has 0 radical (unpaired) electrons. The third kappa shape index (κ3) is 4.80. The summed E-state index contributed by atoms with van der Waals surface area (Å²) in [5, 5.41) is 7.80. The van der Waals surface area contributed by atoms with Crippen LogP contribution >= 0.6 is 0 Å². The molecule has 31 heavy (non-hydrogen) atoms. The Balaban J connectivity index is 1.34. The molecule has 0 saturated carbocycles. The van der Waals surface area contributed by atoms with Crippen molar-refractivity contribution in [3.8, 4) is 5.69 Å². The first-order valence-corrected chi connectivity index (χ1v) is 11.0. The van der Waals surface area contributed by atoms with Crippen molar-refractivity contribution >= 4 is 17.3 Å². The molecule has 0 aliphatic carbocycles. The maximum absolute atomic E-state index is 12.5. The predicted molar refractivity (Wildman–Crippen MR) is 126 cm³/mol. The molecule has 4 rings (SSSR count). The SMILES string of the molecule is CCc1ccc(NC(=O)CN2CCN(c3c(C)nn(-c4ccccc4)c3C)CC2)cc1.